The number of nitrogens with zero attached hydrogens (tertiary/aromatic N) is 3. The van der Waals surface area contributed by atoms with Gasteiger partial charge in [0.15, 0.2) is 5.13 Å². The molecular weight excluding hydrogens is 424 g/mol. The second-order valence-corrected chi connectivity index (χ2v) is 8.27. The number of carbonyl (C=O) groups excluding carboxylic acids is 1. The molecule has 0 saturated carbocycles. The molecule has 0 aliphatic carbocycles. The van der Waals surface area contributed by atoms with Crippen molar-refractivity contribution in [2.24, 2.45) is 0 Å². The van der Waals surface area contributed by atoms with Gasteiger partial charge in [0.1, 0.15) is 17.2 Å². The number of carbonyl (C=O) groups is 1. The number of hydrogen-bond acceptors (Lipinski definition) is 6. The van der Waals surface area contributed by atoms with E-state index in [2.05, 4.69) is 10.3 Å². The number of hydrogen-bond donors (Lipinski definition) is 1. The number of methoxy groups -OCH3 is 2. The van der Waals surface area contributed by atoms with Crippen LogP contribution in [0.3, 0.4) is 0 Å². The van der Waals surface area contributed by atoms with E-state index in [9.17, 15) is 4.79 Å². The zero-order valence-electron chi connectivity index (χ0n) is 18.4. The van der Waals surface area contributed by atoms with Gasteiger partial charge in [0.25, 0.3) is 5.91 Å². The summed E-state index contributed by atoms with van der Waals surface area (Å²) in [5.41, 5.74) is 3.39. The summed E-state index contributed by atoms with van der Waals surface area (Å²) in [7, 11) is 3.18. The molecule has 0 fully saturated rings. The SMILES string of the molecule is CCc1nc(NC(=O)c2cn(-c3ccccc3)nc2-c2cc(OC)ccc2OC)sc1C. The van der Waals surface area contributed by atoms with Gasteiger partial charge >= 0.3 is 0 Å². The molecule has 8 heteroatoms. The fraction of sp³-hybridized carbons (Fsp3) is 0.208. The second-order valence-electron chi connectivity index (χ2n) is 7.07. The molecule has 0 unspecified atom stereocenters. The van der Waals surface area contributed by atoms with Crippen molar-refractivity contribution in [3.05, 3.63) is 70.9 Å². The topological polar surface area (TPSA) is 78.3 Å². The predicted molar refractivity (Wildman–Crippen MR) is 126 cm³/mol. The van der Waals surface area contributed by atoms with Crippen LogP contribution in [-0.2, 0) is 6.42 Å². The number of ether oxygens (including phenoxy) is 2. The number of aromatic nitrogens is 3. The van der Waals surface area contributed by atoms with Crippen LogP contribution >= 0.6 is 11.3 Å². The maximum atomic E-state index is 13.3. The van der Waals surface area contributed by atoms with E-state index in [4.69, 9.17) is 14.6 Å². The first-order valence-electron chi connectivity index (χ1n) is 10.2. The lowest BCUT2D eigenvalue weighted by molar-refractivity contribution is 0.102. The van der Waals surface area contributed by atoms with E-state index in [0.717, 1.165) is 22.7 Å². The zero-order chi connectivity index (χ0) is 22.7. The molecule has 0 aliphatic rings. The minimum Gasteiger partial charge on any atom is -0.497 e. The van der Waals surface area contributed by atoms with Gasteiger partial charge in [0, 0.05) is 16.6 Å². The second kappa shape index (κ2) is 9.23. The molecule has 0 aliphatic heterocycles. The molecule has 1 N–H and O–H groups in total. The van der Waals surface area contributed by atoms with Gasteiger partial charge in [-0.05, 0) is 43.7 Å². The first-order chi connectivity index (χ1) is 15.5. The molecule has 0 bridgehead atoms. The number of para-hydroxylation sites is 1. The average Bonchev–Trinajstić information content (AvgIpc) is 3.42. The normalized spacial score (nSPS) is 10.8. The Morgan fingerprint density at radius 3 is 2.56 bits per heavy atom. The molecular formula is C24H24N4O3S. The highest BCUT2D eigenvalue weighted by Gasteiger charge is 2.23. The first kappa shape index (κ1) is 21.6. The Balaban J connectivity index is 1.82. The number of thiazole rings is 1. The van der Waals surface area contributed by atoms with E-state index in [1.54, 1.807) is 37.2 Å². The van der Waals surface area contributed by atoms with Gasteiger partial charge in [-0.2, -0.15) is 5.10 Å². The van der Waals surface area contributed by atoms with Gasteiger partial charge in [-0.3, -0.25) is 10.1 Å². The predicted octanol–water partition coefficient (Wildman–Crippen LogP) is 5.14. The van der Waals surface area contributed by atoms with Gasteiger partial charge in [0.05, 0.1) is 31.2 Å². The number of rotatable bonds is 7. The summed E-state index contributed by atoms with van der Waals surface area (Å²) >= 11 is 1.47. The summed E-state index contributed by atoms with van der Waals surface area (Å²) in [4.78, 5) is 19.0. The van der Waals surface area contributed by atoms with Gasteiger partial charge in [0.2, 0.25) is 0 Å². The molecule has 7 nitrogen and oxygen atoms in total. The first-order valence-corrected chi connectivity index (χ1v) is 11.0. The smallest absolute Gasteiger partial charge is 0.261 e. The summed E-state index contributed by atoms with van der Waals surface area (Å²) in [6.45, 7) is 4.05. The summed E-state index contributed by atoms with van der Waals surface area (Å²) in [5.74, 6) is 0.949. The van der Waals surface area contributed by atoms with Crippen molar-refractivity contribution in [3.8, 4) is 28.4 Å². The lowest BCUT2D eigenvalue weighted by atomic mass is 10.1. The van der Waals surface area contributed by atoms with Crippen LogP contribution < -0.4 is 14.8 Å². The average molecular weight is 449 g/mol. The third kappa shape index (κ3) is 4.22. The molecule has 0 atom stereocenters. The summed E-state index contributed by atoms with van der Waals surface area (Å²) < 4.78 is 12.6. The molecule has 1 amide bonds. The molecule has 32 heavy (non-hydrogen) atoms. The van der Waals surface area contributed by atoms with Crippen molar-refractivity contribution < 1.29 is 14.3 Å². The molecule has 2 aromatic carbocycles. The van der Waals surface area contributed by atoms with Crippen LogP contribution in [0.2, 0.25) is 0 Å². The standard InChI is InChI=1S/C24H24N4O3S/c1-5-20-15(2)32-24(25-20)26-23(29)19-14-28(16-9-7-6-8-10-16)27-22(19)18-13-17(30-3)11-12-21(18)31-4/h6-14H,5H2,1-4H3,(H,25,26,29). The fourth-order valence-corrected chi connectivity index (χ4v) is 4.32. The van der Waals surface area contributed by atoms with Crippen LogP contribution in [0, 0.1) is 6.92 Å². The highest BCUT2D eigenvalue weighted by Crippen LogP contribution is 2.35. The molecule has 2 aromatic heterocycles. The van der Waals surface area contributed by atoms with Crippen molar-refractivity contribution >= 4 is 22.4 Å². The minimum atomic E-state index is -0.288. The lowest BCUT2D eigenvalue weighted by Crippen LogP contribution is -2.12. The molecule has 164 valence electrons. The van der Waals surface area contributed by atoms with Crippen LogP contribution in [0.15, 0.2) is 54.7 Å². The van der Waals surface area contributed by atoms with E-state index in [1.165, 1.54) is 11.3 Å². The highest BCUT2D eigenvalue weighted by atomic mass is 32.1. The fourth-order valence-electron chi connectivity index (χ4n) is 3.43. The van der Waals surface area contributed by atoms with Crippen molar-refractivity contribution in [1.29, 1.82) is 0 Å². The Labute approximate surface area is 190 Å². The number of amides is 1. The van der Waals surface area contributed by atoms with Gasteiger partial charge in [-0.25, -0.2) is 9.67 Å². The molecule has 0 radical (unpaired) electrons. The largest absolute Gasteiger partial charge is 0.497 e. The monoisotopic (exact) mass is 448 g/mol. The summed E-state index contributed by atoms with van der Waals surface area (Å²) in [6.07, 6.45) is 2.54. The molecule has 0 spiro atoms. The van der Waals surface area contributed by atoms with Crippen LogP contribution in [-0.4, -0.2) is 34.9 Å². The Morgan fingerprint density at radius 1 is 1.12 bits per heavy atom. The van der Waals surface area contributed by atoms with Gasteiger partial charge < -0.3 is 9.47 Å². The van der Waals surface area contributed by atoms with E-state index in [-0.39, 0.29) is 5.91 Å². The molecule has 4 aromatic rings. The highest BCUT2D eigenvalue weighted by molar-refractivity contribution is 7.15. The van der Waals surface area contributed by atoms with Gasteiger partial charge in [-0.15, -0.1) is 11.3 Å². The Morgan fingerprint density at radius 2 is 1.91 bits per heavy atom. The van der Waals surface area contributed by atoms with Gasteiger partial charge in [-0.1, -0.05) is 25.1 Å². The molecule has 4 rings (SSSR count). The van der Waals surface area contributed by atoms with Crippen molar-refractivity contribution in [1.82, 2.24) is 14.8 Å². The van der Waals surface area contributed by atoms with E-state index in [1.807, 2.05) is 50.2 Å². The molecule has 2 heterocycles. The lowest BCUT2D eigenvalue weighted by Gasteiger charge is -2.10. The van der Waals surface area contributed by atoms with E-state index in [0.29, 0.717) is 33.5 Å². The quantitative estimate of drug-likeness (QED) is 0.424. The van der Waals surface area contributed by atoms with Crippen LogP contribution in [0.4, 0.5) is 5.13 Å². The Bertz CT molecular complexity index is 1250. The summed E-state index contributed by atoms with van der Waals surface area (Å²) in [6, 6.07) is 15.1. The van der Waals surface area contributed by atoms with Crippen LogP contribution in [0.25, 0.3) is 16.9 Å². The number of nitrogens with one attached hydrogen (secondary N) is 1. The zero-order valence-corrected chi connectivity index (χ0v) is 19.2. The van der Waals surface area contributed by atoms with Crippen molar-refractivity contribution in [3.63, 3.8) is 0 Å². The van der Waals surface area contributed by atoms with Crippen molar-refractivity contribution in [2.45, 2.75) is 20.3 Å². The third-order valence-corrected chi connectivity index (χ3v) is 6.02. The Kier molecular flexibility index (Phi) is 6.23. The minimum absolute atomic E-state index is 0.288. The number of aryl methyl sites for hydroxylation is 2. The van der Waals surface area contributed by atoms with Crippen molar-refractivity contribution in [2.75, 3.05) is 19.5 Å². The maximum absolute atomic E-state index is 13.3. The summed E-state index contributed by atoms with van der Waals surface area (Å²) in [5, 5.41) is 8.25. The number of anilines is 1. The number of benzene rings is 2. The third-order valence-electron chi connectivity index (χ3n) is 5.09. The van der Waals surface area contributed by atoms with E-state index >= 15 is 0 Å². The van der Waals surface area contributed by atoms with E-state index < -0.39 is 0 Å². The van der Waals surface area contributed by atoms with Crippen LogP contribution in [0.5, 0.6) is 11.5 Å². The Hall–Kier alpha value is -3.65. The van der Waals surface area contributed by atoms with Crippen LogP contribution in [0.1, 0.15) is 27.9 Å². The maximum Gasteiger partial charge on any atom is 0.261 e. The molecule has 0 saturated heterocycles.